The summed E-state index contributed by atoms with van der Waals surface area (Å²) in [5.74, 6) is 2.03. The van der Waals surface area contributed by atoms with Crippen LogP contribution in [-0.2, 0) is 24.3 Å². The zero-order valence-corrected chi connectivity index (χ0v) is 18.2. The molecule has 1 aromatic heterocycles. The van der Waals surface area contributed by atoms with Gasteiger partial charge in [-0.25, -0.2) is 4.39 Å². The molecule has 168 valence electrons. The van der Waals surface area contributed by atoms with Gasteiger partial charge >= 0.3 is 0 Å². The van der Waals surface area contributed by atoms with Crippen LogP contribution in [0, 0.1) is 5.92 Å². The molecule has 33 heavy (non-hydrogen) atoms. The maximum Gasteiger partial charge on any atom is 0.227 e. The van der Waals surface area contributed by atoms with Crippen molar-refractivity contribution in [3.63, 3.8) is 0 Å². The normalized spacial score (nSPS) is 17.0. The van der Waals surface area contributed by atoms with Crippen LogP contribution in [0.1, 0.15) is 28.8 Å². The lowest BCUT2D eigenvalue weighted by molar-refractivity contribution is -0.120. The molecule has 2 N–H and O–H groups in total. The summed E-state index contributed by atoms with van der Waals surface area (Å²) in [4.78, 5) is 21.6. The number of aromatic nitrogens is 1. The summed E-state index contributed by atoms with van der Waals surface area (Å²) in [6.45, 7) is 1.03. The van der Waals surface area contributed by atoms with Gasteiger partial charge < -0.3 is 15.4 Å². The van der Waals surface area contributed by atoms with Crippen molar-refractivity contribution in [1.29, 1.82) is 0 Å². The minimum atomic E-state index is -0.549. The highest BCUT2D eigenvalue weighted by Crippen LogP contribution is 2.31. The monoisotopic (exact) mass is 444 g/mol. The maximum atomic E-state index is 12.9. The minimum absolute atomic E-state index is 0.0356. The molecule has 2 aromatic carbocycles. The third-order valence-electron chi connectivity index (χ3n) is 6.01. The van der Waals surface area contributed by atoms with Crippen molar-refractivity contribution in [1.82, 2.24) is 10.3 Å². The van der Waals surface area contributed by atoms with Gasteiger partial charge in [0.25, 0.3) is 0 Å². The van der Waals surface area contributed by atoms with Crippen molar-refractivity contribution in [2.24, 2.45) is 10.9 Å². The van der Waals surface area contributed by atoms with Gasteiger partial charge in [-0.15, -0.1) is 0 Å². The Balaban J connectivity index is 1.28. The Morgan fingerprint density at radius 2 is 2.03 bits per heavy atom. The molecule has 5 rings (SSSR count). The molecular weight excluding hydrogens is 419 g/mol. The average Bonchev–Trinajstić information content (AvgIpc) is 3.39. The van der Waals surface area contributed by atoms with E-state index in [4.69, 9.17) is 4.74 Å². The molecule has 1 aliphatic carbocycles. The highest BCUT2D eigenvalue weighted by Gasteiger charge is 2.25. The summed E-state index contributed by atoms with van der Waals surface area (Å²) < 4.78 is 19.0. The first kappa shape index (κ1) is 21.1. The van der Waals surface area contributed by atoms with Gasteiger partial charge in [-0.05, 0) is 66.3 Å². The Morgan fingerprint density at radius 1 is 1.12 bits per heavy atom. The van der Waals surface area contributed by atoms with Gasteiger partial charge in [-0.2, -0.15) is 0 Å². The first-order chi connectivity index (χ1) is 16.2. The van der Waals surface area contributed by atoms with Gasteiger partial charge in [0.1, 0.15) is 29.7 Å². The standard InChI is InChI=1S/C26H25FN4O2/c27-16-17-2-1-3-21(12-17)31-26(32)19-5-4-18-6-7-22(14-20(18)13-19)33-23-8-9-28-24(15-23)25-29-10-11-30-25/h1-3,6-9,12,14-15,19H,4-5,10-11,13,16H2,(H,29,30)(H,31,32). The van der Waals surface area contributed by atoms with E-state index in [9.17, 15) is 9.18 Å². The smallest absolute Gasteiger partial charge is 0.227 e. The summed E-state index contributed by atoms with van der Waals surface area (Å²) >= 11 is 0. The fourth-order valence-corrected chi connectivity index (χ4v) is 4.31. The SMILES string of the molecule is O=C(Nc1cccc(CF)c1)C1CCc2ccc(Oc3ccnc(C4=NCCN4)c3)cc2C1. The van der Waals surface area contributed by atoms with E-state index in [1.54, 1.807) is 30.5 Å². The number of hydrogen-bond acceptors (Lipinski definition) is 5. The molecule has 3 aromatic rings. The number of benzene rings is 2. The molecule has 2 heterocycles. The molecular formula is C26H25FN4O2. The molecule has 1 aliphatic heterocycles. The second-order valence-electron chi connectivity index (χ2n) is 8.33. The van der Waals surface area contributed by atoms with Crippen molar-refractivity contribution in [3.05, 3.63) is 83.2 Å². The largest absolute Gasteiger partial charge is 0.457 e. The molecule has 6 nitrogen and oxygen atoms in total. The van der Waals surface area contributed by atoms with Crippen LogP contribution in [0.25, 0.3) is 0 Å². The van der Waals surface area contributed by atoms with Crippen LogP contribution in [0.3, 0.4) is 0 Å². The number of ether oxygens (including phenoxy) is 1. The third-order valence-corrected chi connectivity index (χ3v) is 6.01. The summed E-state index contributed by atoms with van der Waals surface area (Å²) in [5, 5.41) is 6.16. The van der Waals surface area contributed by atoms with Gasteiger partial charge in [0, 0.05) is 30.4 Å². The lowest BCUT2D eigenvalue weighted by atomic mass is 9.83. The highest BCUT2D eigenvalue weighted by atomic mass is 19.1. The molecule has 0 radical (unpaired) electrons. The van der Waals surface area contributed by atoms with Gasteiger partial charge in [0.05, 0.1) is 6.54 Å². The number of aliphatic imine (C=N–C) groups is 1. The third kappa shape index (κ3) is 4.87. The van der Waals surface area contributed by atoms with Gasteiger partial charge in [-0.1, -0.05) is 18.2 Å². The number of rotatable bonds is 6. The van der Waals surface area contributed by atoms with E-state index >= 15 is 0 Å². The number of aryl methyl sites for hydroxylation is 1. The number of amides is 1. The fourth-order valence-electron chi connectivity index (χ4n) is 4.31. The van der Waals surface area contributed by atoms with E-state index in [0.717, 1.165) is 48.8 Å². The van der Waals surface area contributed by atoms with Gasteiger partial charge in [0.2, 0.25) is 5.91 Å². The minimum Gasteiger partial charge on any atom is -0.457 e. The lowest BCUT2D eigenvalue weighted by Crippen LogP contribution is -2.28. The van der Waals surface area contributed by atoms with E-state index in [-0.39, 0.29) is 11.8 Å². The van der Waals surface area contributed by atoms with Crippen LogP contribution in [0.15, 0.2) is 65.8 Å². The molecule has 1 atom stereocenters. The van der Waals surface area contributed by atoms with Gasteiger partial charge in [-0.3, -0.25) is 14.8 Å². The van der Waals surface area contributed by atoms with E-state index in [0.29, 0.717) is 23.4 Å². The zero-order valence-electron chi connectivity index (χ0n) is 18.2. The Labute approximate surface area is 191 Å². The van der Waals surface area contributed by atoms with Crippen LogP contribution in [0.2, 0.25) is 0 Å². The molecule has 0 saturated heterocycles. The number of alkyl halides is 1. The van der Waals surface area contributed by atoms with Crippen LogP contribution in [-0.4, -0.2) is 29.8 Å². The predicted octanol–water partition coefficient (Wildman–Crippen LogP) is 4.44. The number of nitrogens with zero attached hydrogens (tertiary/aromatic N) is 2. The summed E-state index contributed by atoms with van der Waals surface area (Å²) in [5.41, 5.74) is 4.31. The Morgan fingerprint density at radius 3 is 2.88 bits per heavy atom. The van der Waals surface area contributed by atoms with Crippen LogP contribution < -0.4 is 15.4 Å². The van der Waals surface area contributed by atoms with Crippen molar-refractivity contribution in [2.45, 2.75) is 25.9 Å². The van der Waals surface area contributed by atoms with Crippen molar-refractivity contribution >= 4 is 17.4 Å². The lowest BCUT2D eigenvalue weighted by Gasteiger charge is -2.24. The quantitative estimate of drug-likeness (QED) is 0.590. The van der Waals surface area contributed by atoms with Crippen LogP contribution in [0.4, 0.5) is 10.1 Å². The maximum absolute atomic E-state index is 12.9. The summed E-state index contributed by atoms with van der Waals surface area (Å²) in [6, 6.07) is 16.7. The first-order valence-corrected chi connectivity index (χ1v) is 11.2. The predicted molar refractivity (Wildman–Crippen MR) is 126 cm³/mol. The first-order valence-electron chi connectivity index (χ1n) is 11.2. The number of fused-ring (bicyclic) bond motifs is 1. The Hall–Kier alpha value is -3.74. The second kappa shape index (κ2) is 9.40. The van der Waals surface area contributed by atoms with E-state index in [2.05, 4.69) is 26.7 Å². The van der Waals surface area contributed by atoms with Crippen LogP contribution in [0.5, 0.6) is 11.5 Å². The molecule has 0 saturated carbocycles. The number of amidine groups is 1. The second-order valence-corrected chi connectivity index (χ2v) is 8.33. The Bertz CT molecular complexity index is 1210. The number of hydrogen-bond donors (Lipinski definition) is 2. The number of carbonyl (C=O) groups excluding carboxylic acids is 1. The molecule has 0 spiro atoms. The van der Waals surface area contributed by atoms with E-state index in [1.165, 1.54) is 5.56 Å². The Kier molecular flexibility index (Phi) is 6.02. The number of pyridine rings is 1. The van der Waals surface area contributed by atoms with Crippen molar-refractivity contribution < 1.29 is 13.9 Å². The van der Waals surface area contributed by atoms with Crippen molar-refractivity contribution in [3.8, 4) is 11.5 Å². The molecule has 1 amide bonds. The van der Waals surface area contributed by atoms with E-state index < -0.39 is 6.67 Å². The average molecular weight is 445 g/mol. The number of carbonyl (C=O) groups is 1. The molecule has 2 aliphatic rings. The number of anilines is 1. The molecule has 7 heteroatoms. The van der Waals surface area contributed by atoms with E-state index in [1.807, 2.05) is 24.3 Å². The number of halogens is 1. The zero-order chi connectivity index (χ0) is 22.6. The van der Waals surface area contributed by atoms with Crippen molar-refractivity contribution in [2.75, 3.05) is 18.4 Å². The molecule has 1 unspecified atom stereocenters. The molecule has 0 bridgehead atoms. The van der Waals surface area contributed by atoms with Crippen LogP contribution >= 0.6 is 0 Å². The van der Waals surface area contributed by atoms with Gasteiger partial charge in [0.15, 0.2) is 0 Å². The highest BCUT2D eigenvalue weighted by molar-refractivity contribution is 5.98. The summed E-state index contributed by atoms with van der Waals surface area (Å²) in [6.07, 6.45) is 3.97. The topological polar surface area (TPSA) is 75.6 Å². The summed E-state index contributed by atoms with van der Waals surface area (Å²) in [7, 11) is 0. The number of nitrogens with one attached hydrogen (secondary N) is 2. The fraction of sp³-hybridized carbons (Fsp3) is 0.269. The molecule has 0 fully saturated rings.